The molecule has 0 spiro atoms. The van der Waals surface area contributed by atoms with E-state index in [-0.39, 0.29) is 11.7 Å². The molecule has 164 valence electrons. The third-order valence-corrected chi connectivity index (χ3v) is 5.87. The average molecular weight is 519 g/mol. The highest BCUT2D eigenvalue weighted by molar-refractivity contribution is 9.11. The first kappa shape index (κ1) is 24.3. The van der Waals surface area contributed by atoms with Crippen molar-refractivity contribution in [3.63, 3.8) is 0 Å². The molecule has 30 heavy (non-hydrogen) atoms. The van der Waals surface area contributed by atoms with Crippen molar-refractivity contribution < 1.29 is 22.7 Å². The number of thiazole rings is 1. The van der Waals surface area contributed by atoms with Crippen LogP contribution in [0.1, 0.15) is 26.0 Å². The minimum Gasteiger partial charge on any atom is -0.491 e. The maximum atomic E-state index is 12.3. The van der Waals surface area contributed by atoms with E-state index in [1.807, 2.05) is 13.8 Å². The lowest BCUT2D eigenvalue weighted by atomic mass is 10.2. The number of sulfonamides is 1. The fourth-order valence-corrected chi connectivity index (χ4v) is 3.96. The quantitative estimate of drug-likeness (QED) is 0.415. The van der Waals surface area contributed by atoms with Crippen LogP contribution in [0.25, 0.3) is 0 Å². The van der Waals surface area contributed by atoms with Crippen molar-refractivity contribution in [2.24, 2.45) is 5.92 Å². The lowest BCUT2D eigenvalue weighted by Crippen LogP contribution is -2.22. The Balaban J connectivity index is 1.92. The van der Waals surface area contributed by atoms with Gasteiger partial charge in [0.05, 0.1) is 34.6 Å². The van der Waals surface area contributed by atoms with Crippen molar-refractivity contribution in [1.82, 2.24) is 9.71 Å². The number of carbonyl (C=O) groups is 2. The van der Waals surface area contributed by atoms with Gasteiger partial charge in [-0.3, -0.25) is 9.59 Å². The molecule has 1 heterocycles. The summed E-state index contributed by atoms with van der Waals surface area (Å²) in [7, 11) is -3.37. The zero-order valence-corrected chi connectivity index (χ0v) is 19.9. The first-order valence-electron chi connectivity index (χ1n) is 8.95. The Labute approximate surface area is 187 Å². The third kappa shape index (κ3) is 8.38. The number of hydrogen-bond donors (Lipinski definition) is 3. The molecule has 2 rings (SSSR count). The zero-order chi connectivity index (χ0) is 22.3. The van der Waals surface area contributed by atoms with Crippen LogP contribution in [-0.2, 0) is 26.2 Å². The zero-order valence-electron chi connectivity index (χ0n) is 16.7. The lowest BCUT2D eigenvalue weighted by Gasteiger charge is -2.13. The van der Waals surface area contributed by atoms with Gasteiger partial charge in [0.25, 0.3) is 0 Å². The number of ether oxygens (including phenoxy) is 1. The summed E-state index contributed by atoms with van der Waals surface area (Å²) in [5.74, 6) is -0.179. The molecule has 0 unspecified atom stereocenters. The summed E-state index contributed by atoms with van der Waals surface area (Å²) in [6.07, 6.45) is 0.632. The fourth-order valence-electron chi connectivity index (χ4n) is 2.15. The highest BCUT2D eigenvalue weighted by atomic mass is 79.9. The van der Waals surface area contributed by atoms with Crippen LogP contribution in [0, 0.1) is 5.92 Å². The Morgan fingerprint density at radius 2 is 1.87 bits per heavy atom. The van der Waals surface area contributed by atoms with E-state index in [2.05, 4.69) is 36.3 Å². The number of para-hydroxylation sites is 2. The number of nitrogens with one attached hydrogen (secondary N) is 3. The Hall–Kier alpha value is -2.02. The second-order valence-electron chi connectivity index (χ2n) is 6.81. The van der Waals surface area contributed by atoms with Gasteiger partial charge >= 0.3 is 0 Å². The molecule has 0 aliphatic heterocycles. The van der Waals surface area contributed by atoms with E-state index in [4.69, 9.17) is 4.74 Å². The molecule has 2 amide bonds. The first-order chi connectivity index (χ1) is 14.0. The molecule has 12 heteroatoms. The summed E-state index contributed by atoms with van der Waals surface area (Å²) in [5.41, 5.74) is 0.920. The Morgan fingerprint density at radius 3 is 2.53 bits per heavy atom. The first-order valence-corrected chi connectivity index (χ1v) is 12.4. The number of aromatic nitrogens is 1. The van der Waals surface area contributed by atoms with Crippen molar-refractivity contribution in [2.75, 3.05) is 23.5 Å². The minimum atomic E-state index is -3.37. The van der Waals surface area contributed by atoms with E-state index in [9.17, 15) is 18.0 Å². The molecule has 3 N–H and O–H groups in total. The predicted octanol–water partition coefficient (Wildman–Crippen LogP) is 2.96. The molecule has 9 nitrogen and oxygen atoms in total. The number of benzene rings is 1. The van der Waals surface area contributed by atoms with Gasteiger partial charge in [0, 0.05) is 0 Å². The molecule has 0 bridgehead atoms. The van der Waals surface area contributed by atoms with Crippen molar-refractivity contribution >= 4 is 59.9 Å². The smallest absolute Gasteiger partial charge is 0.235 e. The Bertz CT molecular complexity index is 1010. The summed E-state index contributed by atoms with van der Waals surface area (Å²) in [4.78, 5) is 28.6. The number of amides is 2. The average Bonchev–Trinajstić information content (AvgIpc) is 2.97. The fraction of sp³-hybridized carbons (Fsp3) is 0.389. The van der Waals surface area contributed by atoms with E-state index in [1.54, 1.807) is 24.3 Å². The standard InChI is InChI=1S/C18H23BrN4O5S2/c1-11(2)10-28-14-7-5-4-6-12(14)21-15(24)8-16(25)23-18-22-13(17(19)29-18)9-20-30(3,26)27/h4-7,11,20H,8-10H2,1-3H3,(H,21,24)(H,22,23,25). The molecule has 1 aromatic carbocycles. The molecule has 2 aromatic rings. The van der Waals surface area contributed by atoms with Crippen LogP contribution in [0.15, 0.2) is 28.1 Å². The van der Waals surface area contributed by atoms with Crippen molar-refractivity contribution in [2.45, 2.75) is 26.8 Å². The number of anilines is 2. The third-order valence-electron chi connectivity index (χ3n) is 3.45. The molecular formula is C18H23BrN4O5S2. The van der Waals surface area contributed by atoms with Crippen molar-refractivity contribution in [3.8, 4) is 5.75 Å². The summed E-state index contributed by atoms with van der Waals surface area (Å²) >= 11 is 4.40. The number of carbonyl (C=O) groups excluding carboxylic acids is 2. The summed E-state index contributed by atoms with van der Waals surface area (Å²) in [6, 6.07) is 7.01. The van der Waals surface area contributed by atoms with E-state index in [0.29, 0.717) is 33.4 Å². The molecule has 0 atom stereocenters. The number of hydrogen-bond acceptors (Lipinski definition) is 7. The van der Waals surface area contributed by atoms with Gasteiger partial charge in [0.15, 0.2) is 5.13 Å². The monoisotopic (exact) mass is 518 g/mol. The summed E-state index contributed by atoms with van der Waals surface area (Å²) in [5, 5.41) is 5.47. The van der Waals surface area contributed by atoms with Crippen molar-refractivity contribution in [1.29, 1.82) is 0 Å². The summed E-state index contributed by atoms with van der Waals surface area (Å²) < 4.78 is 31.0. The van der Waals surface area contributed by atoms with Gasteiger partial charge in [0.2, 0.25) is 21.8 Å². The summed E-state index contributed by atoms with van der Waals surface area (Å²) in [6.45, 7) is 4.53. The molecular weight excluding hydrogens is 496 g/mol. The van der Waals surface area contributed by atoms with Crippen LogP contribution in [0.3, 0.4) is 0 Å². The van der Waals surface area contributed by atoms with Crippen LogP contribution in [0.4, 0.5) is 10.8 Å². The highest BCUT2D eigenvalue weighted by Gasteiger charge is 2.16. The Morgan fingerprint density at radius 1 is 1.20 bits per heavy atom. The van der Waals surface area contributed by atoms with Crippen LogP contribution >= 0.6 is 27.3 Å². The van der Waals surface area contributed by atoms with E-state index in [1.165, 1.54) is 0 Å². The van der Waals surface area contributed by atoms with Gasteiger partial charge in [-0.2, -0.15) is 0 Å². The van der Waals surface area contributed by atoms with Gasteiger partial charge in [0.1, 0.15) is 12.2 Å². The van der Waals surface area contributed by atoms with Gasteiger partial charge in [-0.05, 0) is 34.0 Å². The second-order valence-corrected chi connectivity index (χ2v) is 11.0. The molecule has 0 aliphatic carbocycles. The van der Waals surface area contributed by atoms with Gasteiger partial charge in [-0.25, -0.2) is 18.1 Å². The van der Waals surface area contributed by atoms with Gasteiger partial charge in [-0.15, -0.1) is 0 Å². The van der Waals surface area contributed by atoms with Crippen LogP contribution in [0.2, 0.25) is 0 Å². The SMILES string of the molecule is CC(C)COc1ccccc1NC(=O)CC(=O)Nc1nc(CNS(C)(=O)=O)c(Br)s1. The van der Waals surface area contributed by atoms with E-state index < -0.39 is 28.3 Å². The lowest BCUT2D eigenvalue weighted by molar-refractivity contribution is -0.123. The van der Waals surface area contributed by atoms with Crippen LogP contribution in [-0.4, -0.2) is 38.1 Å². The maximum Gasteiger partial charge on any atom is 0.235 e. The molecule has 0 fully saturated rings. The maximum absolute atomic E-state index is 12.3. The number of halogens is 1. The largest absolute Gasteiger partial charge is 0.491 e. The number of rotatable bonds is 10. The molecule has 0 aliphatic rings. The predicted molar refractivity (Wildman–Crippen MR) is 120 cm³/mol. The van der Waals surface area contributed by atoms with E-state index in [0.717, 1.165) is 17.6 Å². The Kier molecular flexibility index (Phi) is 8.77. The molecule has 0 radical (unpaired) electrons. The van der Waals surface area contributed by atoms with Crippen molar-refractivity contribution in [3.05, 3.63) is 33.7 Å². The number of nitrogens with zero attached hydrogens (tertiary/aromatic N) is 1. The van der Waals surface area contributed by atoms with Gasteiger partial charge < -0.3 is 15.4 Å². The van der Waals surface area contributed by atoms with Gasteiger partial charge in [-0.1, -0.05) is 37.3 Å². The minimum absolute atomic E-state index is 0.0144. The normalized spacial score (nSPS) is 11.4. The van der Waals surface area contributed by atoms with Crippen LogP contribution < -0.4 is 20.1 Å². The topological polar surface area (TPSA) is 126 Å². The van der Waals surface area contributed by atoms with E-state index >= 15 is 0 Å². The second kappa shape index (κ2) is 10.8. The molecule has 1 aromatic heterocycles. The molecule has 0 saturated heterocycles. The van der Waals surface area contributed by atoms with Crippen LogP contribution in [0.5, 0.6) is 5.75 Å². The highest BCUT2D eigenvalue weighted by Crippen LogP contribution is 2.29. The molecule has 0 saturated carbocycles.